The van der Waals surface area contributed by atoms with Crippen LogP contribution in [0.4, 0.5) is 10.1 Å². The molecule has 6 heteroatoms. The van der Waals surface area contributed by atoms with E-state index in [-0.39, 0.29) is 23.6 Å². The summed E-state index contributed by atoms with van der Waals surface area (Å²) in [6.45, 7) is 0. The minimum Gasteiger partial charge on any atom is -0.495 e. The van der Waals surface area contributed by atoms with Gasteiger partial charge in [0.05, 0.1) is 24.9 Å². The van der Waals surface area contributed by atoms with Crippen LogP contribution in [-0.2, 0) is 4.79 Å². The number of amides is 1. The molecule has 0 heterocycles. The van der Waals surface area contributed by atoms with E-state index in [2.05, 4.69) is 5.32 Å². The Kier molecular flexibility index (Phi) is 4.62. The van der Waals surface area contributed by atoms with E-state index in [1.54, 1.807) is 24.3 Å². The normalized spacial score (nSPS) is 18.8. The number of ether oxygens (including phenoxy) is 2. The molecule has 0 aliphatic heterocycles. The second-order valence-corrected chi connectivity index (χ2v) is 6.08. The van der Waals surface area contributed by atoms with Crippen LogP contribution in [0.1, 0.15) is 17.9 Å². The summed E-state index contributed by atoms with van der Waals surface area (Å²) >= 11 is 6.06. The summed E-state index contributed by atoms with van der Waals surface area (Å²) in [7, 11) is 3.01. The van der Waals surface area contributed by atoms with Crippen LogP contribution in [0.25, 0.3) is 0 Å². The predicted molar refractivity (Wildman–Crippen MR) is 90.4 cm³/mol. The Morgan fingerprint density at radius 1 is 1.17 bits per heavy atom. The van der Waals surface area contributed by atoms with Crippen molar-refractivity contribution in [1.29, 1.82) is 0 Å². The fraction of sp³-hybridized carbons (Fsp3) is 0.278. The molecule has 2 atom stereocenters. The minimum atomic E-state index is -0.279. The molecule has 0 saturated heterocycles. The van der Waals surface area contributed by atoms with Gasteiger partial charge in [-0.3, -0.25) is 4.79 Å². The molecule has 1 fully saturated rings. The first-order valence-corrected chi connectivity index (χ1v) is 7.89. The van der Waals surface area contributed by atoms with Crippen LogP contribution in [0.15, 0.2) is 36.4 Å². The molecule has 3 rings (SSSR count). The first-order chi connectivity index (χ1) is 11.5. The van der Waals surface area contributed by atoms with E-state index in [9.17, 15) is 9.18 Å². The van der Waals surface area contributed by atoms with Crippen molar-refractivity contribution in [2.45, 2.75) is 12.3 Å². The summed E-state index contributed by atoms with van der Waals surface area (Å²) in [6.07, 6.45) is 0.741. The van der Waals surface area contributed by atoms with E-state index in [4.69, 9.17) is 21.1 Å². The Labute approximate surface area is 144 Å². The summed E-state index contributed by atoms with van der Waals surface area (Å²) < 4.78 is 23.4. The van der Waals surface area contributed by atoms with E-state index in [0.29, 0.717) is 22.2 Å². The number of benzene rings is 2. The summed E-state index contributed by atoms with van der Waals surface area (Å²) in [4.78, 5) is 12.5. The number of carbonyl (C=O) groups excluding carboxylic acids is 1. The lowest BCUT2D eigenvalue weighted by atomic mass is 10.1. The maximum atomic E-state index is 13.0. The Morgan fingerprint density at radius 2 is 1.83 bits per heavy atom. The molecule has 1 saturated carbocycles. The van der Waals surface area contributed by atoms with Gasteiger partial charge >= 0.3 is 0 Å². The molecular weight excluding hydrogens is 333 g/mol. The molecule has 1 aliphatic rings. The van der Waals surface area contributed by atoms with Gasteiger partial charge in [0.1, 0.15) is 17.3 Å². The molecule has 1 aliphatic carbocycles. The lowest BCUT2D eigenvalue weighted by molar-refractivity contribution is -0.117. The van der Waals surface area contributed by atoms with Gasteiger partial charge in [0.15, 0.2) is 0 Å². The molecule has 4 nitrogen and oxygen atoms in total. The highest BCUT2D eigenvalue weighted by molar-refractivity contribution is 6.32. The zero-order valence-electron chi connectivity index (χ0n) is 13.3. The molecule has 2 aromatic rings. The van der Waals surface area contributed by atoms with Crippen molar-refractivity contribution in [3.63, 3.8) is 0 Å². The fourth-order valence-corrected chi connectivity index (χ4v) is 2.98. The van der Waals surface area contributed by atoms with Gasteiger partial charge in [-0.15, -0.1) is 0 Å². The lowest BCUT2D eigenvalue weighted by Crippen LogP contribution is -2.15. The van der Waals surface area contributed by atoms with E-state index in [1.807, 2.05) is 0 Å². The number of rotatable bonds is 5. The number of hydrogen-bond acceptors (Lipinski definition) is 3. The number of nitrogens with one attached hydrogen (secondary N) is 1. The summed E-state index contributed by atoms with van der Waals surface area (Å²) in [6, 6.07) is 9.50. The van der Waals surface area contributed by atoms with Gasteiger partial charge in [-0.2, -0.15) is 0 Å². The molecular formula is C18H17ClFNO3. The summed E-state index contributed by atoms with van der Waals surface area (Å²) in [5, 5.41) is 3.27. The van der Waals surface area contributed by atoms with Crippen molar-refractivity contribution in [2.75, 3.05) is 19.5 Å². The van der Waals surface area contributed by atoms with Gasteiger partial charge in [-0.1, -0.05) is 23.7 Å². The predicted octanol–water partition coefficient (Wildman–Crippen LogP) is 4.24. The van der Waals surface area contributed by atoms with Crippen LogP contribution in [0.5, 0.6) is 11.5 Å². The Bertz CT molecular complexity index is 764. The SMILES string of the molecule is COc1cc(NC(=O)C2CC2c2ccc(F)cc2)c(OC)cc1Cl. The van der Waals surface area contributed by atoms with Crippen LogP contribution in [0.3, 0.4) is 0 Å². The van der Waals surface area contributed by atoms with Crippen molar-refractivity contribution in [3.05, 3.63) is 52.8 Å². The number of methoxy groups -OCH3 is 2. The smallest absolute Gasteiger partial charge is 0.228 e. The van der Waals surface area contributed by atoms with Gasteiger partial charge in [0.2, 0.25) is 5.91 Å². The third kappa shape index (κ3) is 3.31. The zero-order valence-corrected chi connectivity index (χ0v) is 14.1. The molecule has 0 radical (unpaired) electrons. The van der Waals surface area contributed by atoms with E-state index >= 15 is 0 Å². The molecule has 2 aromatic carbocycles. The third-order valence-electron chi connectivity index (χ3n) is 4.16. The number of halogens is 2. The van der Waals surface area contributed by atoms with Crippen LogP contribution in [0, 0.1) is 11.7 Å². The zero-order chi connectivity index (χ0) is 17.3. The Hall–Kier alpha value is -2.27. The molecule has 126 valence electrons. The average molecular weight is 350 g/mol. The maximum absolute atomic E-state index is 13.0. The summed E-state index contributed by atoms with van der Waals surface area (Å²) in [5.74, 6) is 0.518. The van der Waals surface area contributed by atoms with E-state index < -0.39 is 0 Å². The highest BCUT2D eigenvalue weighted by atomic mass is 35.5. The second kappa shape index (κ2) is 6.69. The Morgan fingerprint density at radius 3 is 2.46 bits per heavy atom. The summed E-state index contributed by atoms with van der Waals surface area (Å²) in [5.41, 5.74) is 1.48. The average Bonchev–Trinajstić information content (AvgIpc) is 3.37. The topological polar surface area (TPSA) is 47.6 Å². The van der Waals surface area contributed by atoms with Gasteiger partial charge in [-0.25, -0.2) is 4.39 Å². The third-order valence-corrected chi connectivity index (χ3v) is 4.45. The van der Waals surface area contributed by atoms with Crippen molar-refractivity contribution >= 4 is 23.2 Å². The number of hydrogen-bond donors (Lipinski definition) is 1. The Balaban J connectivity index is 1.73. The molecule has 0 aromatic heterocycles. The number of carbonyl (C=O) groups is 1. The van der Waals surface area contributed by atoms with Crippen molar-refractivity contribution in [3.8, 4) is 11.5 Å². The monoisotopic (exact) mass is 349 g/mol. The first kappa shape index (κ1) is 16.6. The molecule has 1 amide bonds. The van der Waals surface area contributed by atoms with Crippen LogP contribution in [-0.4, -0.2) is 20.1 Å². The lowest BCUT2D eigenvalue weighted by Gasteiger charge is -2.13. The molecule has 24 heavy (non-hydrogen) atoms. The highest BCUT2D eigenvalue weighted by Crippen LogP contribution is 2.48. The maximum Gasteiger partial charge on any atom is 0.228 e. The van der Waals surface area contributed by atoms with E-state index in [1.165, 1.54) is 26.4 Å². The van der Waals surface area contributed by atoms with Gasteiger partial charge in [-0.05, 0) is 30.0 Å². The van der Waals surface area contributed by atoms with Crippen LogP contribution in [0.2, 0.25) is 5.02 Å². The molecule has 1 N–H and O–H groups in total. The van der Waals surface area contributed by atoms with E-state index in [0.717, 1.165) is 12.0 Å². The largest absolute Gasteiger partial charge is 0.495 e. The quantitative estimate of drug-likeness (QED) is 0.878. The van der Waals surface area contributed by atoms with Crippen molar-refractivity contribution in [1.82, 2.24) is 0 Å². The van der Waals surface area contributed by atoms with Crippen molar-refractivity contribution < 1.29 is 18.7 Å². The molecule has 0 bridgehead atoms. The van der Waals surface area contributed by atoms with Gasteiger partial charge in [0, 0.05) is 18.1 Å². The highest BCUT2D eigenvalue weighted by Gasteiger charge is 2.44. The molecule has 2 unspecified atom stereocenters. The standard InChI is InChI=1S/C18H17ClFNO3/c1-23-16-9-15(17(24-2)8-14(16)19)21-18(22)13-7-12(13)10-3-5-11(20)6-4-10/h3-6,8-9,12-13H,7H2,1-2H3,(H,21,22). The second-order valence-electron chi connectivity index (χ2n) is 5.68. The van der Waals surface area contributed by atoms with Crippen LogP contribution < -0.4 is 14.8 Å². The van der Waals surface area contributed by atoms with Crippen LogP contribution >= 0.6 is 11.6 Å². The van der Waals surface area contributed by atoms with Gasteiger partial charge < -0.3 is 14.8 Å². The number of anilines is 1. The van der Waals surface area contributed by atoms with Gasteiger partial charge in [0.25, 0.3) is 0 Å². The van der Waals surface area contributed by atoms with Crippen molar-refractivity contribution in [2.24, 2.45) is 5.92 Å². The first-order valence-electron chi connectivity index (χ1n) is 7.51. The fourth-order valence-electron chi connectivity index (χ4n) is 2.75. The molecule has 0 spiro atoms. The minimum absolute atomic E-state index is 0.105.